The molecule has 0 spiro atoms. The van der Waals surface area contributed by atoms with Gasteiger partial charge in [0, 0.05) is 29.6 Å². The molecule has 8 heteroatoms. The molecule has 2 aliphatic rings. The predicted molar refractivity (Wildman–Crippen MR) is 123 cm³/mol. The number of aromatic amines is 1. The molecule has 5 nitrogen and oxygen atoms in total. The molecule has 1 fully saturated rings. The fourth-order valence-electron chi connectivity index (χ4n) is 4.18. The number of hydrogen-bond acceptors (Lipinski definition) is 5. The number of carbonyl (C=O) groups is 1. The predicted octanol–water partition coefficient (Wildman–Crippen LogP) is 4.43. The summed E-state index contributed by atoms with van der Waals surface area (Å²) in [6.07, 6.45) is 5.68. The van der Waals surface area contributed by atoms with Crippen molar-refractivity contribution >= 4 is 39.2 Å². The van der Waals surface area contributed by atoms with E-state index in [9.17, 15) is 14.0 Å². The van der Waals surface area contributed by atoms with E-state index in [1.54, 1.807) is 35.2 Å². The molecule has 2 heterocycles. The molecule has 162 valence electrons. The van der Waals surface area contributed by atoms with Crippen molar-refractivity contribution in [3.63, 3.8) is 0 Å². The summed E-state index contributed by atoms with van der Waals surface area (Å²) < 4.78 is 13.1. The Balaban J connectivity index is 1.16. The van der Waals surface area contributed by atoms with Crippen molar-refractivity contribution in [1.29, 1.82) is 0 Å². The number of nitrogens with one attached hydrogen (secondary N) is 1. The van der Waals surface area contributed by atoms with Gasteiger partial charge in [0.2, 0.25) is 5.91 Å². The number of thiophene rings is 1. The number of amides is 1. The van der Waals surface area contributed by atoms with Gasteiger partial charge in [-0.3, -0.25) is 9.59 Å². The number of thioether (sulfide) groups is 1. The van der Waals surface area contributed by atoms with E-state index in [-0.39, 0.29) is 17.3 Å². The fraction of sp³-hybridized carbons (Fsp3) is 0.435. The number of carbonyl (C=O) groups excluding carboxylic acids is 1. The van der Waals surface area contributed by atoms with E-state index in [0.717, 1.165) is 47.9 Å². The van der Waals surface area contributed by atoms with Gasteiger partial charge in [-0.25, -0.2) is 9.37 Å². The lowest BCUT2D eigenvalue weighted by Crippen LogP contribution is -2.32. The minimum absolute atomic E-state index is 0.0321. The van der Waals surface area contributed by atoms with Gasteiger partial charge in [0.25, 0.3) is 5.56 Å². The molecule has 0 saturated heterocycles. The van der Waals surface area contributed by atoms with Crippen LogP contribution >= 0.6 is 23.1 Å². The molecule has 0 atom stereocenters. The van der Waals surface area contributed by atoms with Crippen LogP contribution in [0.15, 0.2) is 29.1 Å². The second-order valence-electron chi connectivity index (χ2n) is 8.23. The van der Waals surface area contributed by atoms with Crippen LogP contribution in [0.5, 0.6) is 0 Å². The van der Waals surface area contributed by atoms with Crippen LogP contribution in [0.3, 0.4) is 0 Å². The highest BCUT2D eigenvalue weighted by Gasteiger charge is 2.32. The number of H-pyrrole nitrogens is 1. The van der Waals surface area contributed by atoms with Crippen LogP contribution in [0.4, 0.5) is 4.39 Å². The first-order valence-corrected chi connectivity index (χ1v) is 12.7. The number of aryl methyl sites for hydroxylation is 2. The second-order valence-corrected chi connectivity index (χ2v) is 10.4. The number of fused-ring (bicyclic) bond motifs is 3. The maximum absolute atomic E-state index is 13.1. The zero-order chi connectivity index (χ0) is 21.4. The maximum atomic E-state index is 13.1. The molecule has 31 heavy (non-hydrogen) atoms. The standard InChI is InChI=1S/C23H24FN3O2S2/c24-15-6-4-14(5-7-15)12-27(16-8-9-16)20(28)10-11-30-13-19-25-22(29)21-17-2-1-3-18(17)31-23(21)26-19/h4-7,16H,1-3,8-13H2,(H,25,26,29). The largest absolute Gasteiger partial charge is 0.335 e. The molecular formula is C23H24FN3O2S2. The number of aromatic nitrogens is 2. The molecular weight excluding hydrogens is 433 g/mol. The average molecular weight is 458 g/mol. The van der Waals surface area contributed by atoms with Gasteiger partial charge >= 0.3 is 0 Å². The van der Waals surface area contributed by atoms with E-state index in [1.807, 2.05) is 4.90 Å². The Hall–Kier alpha value is -2.19. The van der Waals surface area contributed by atoms with Gasteiger partial charge in [-0.2, -0.15) is 11.8 Å². The first-order chi connectivity index (χ1) is 15.1. The molecule has 2 aliphatic carbocycles. The zero-order valence-corrected chi connectivity index (χ0v) is 18.8. The normalized spacial score (nSPS) is 15.4. The third kappa shape index (κ3) is 4.55. The van der Waals surface area contributed by atoms with Crippen LogP contribution in [0, 0.1) is 5.82 Å². The van der Waals surface area contributed by atoms with Crippen molar-refractivity contribution in [2.24, 2.45) is 0 Å². The summed E-state index contributed by atoms with van der Waals surface area (Å²) in [7, 11) is 0. The van der Waals surface area contributed by atoms with Crippen molar-refractivity contribution in [2.45, 2.75) is 56.9 Å². The highest BCUT2D eigenvalue weighted by Crippen LogP contribution is 2.34. The highest BCUT2D eigenvalue weighted by atomic mass is 32.2. The number of rotatable bonds is 8. The Morgan fingerprint density at radius 2 is 2.06 bits per heavy atom. The van der Waals surface area contributed by atoms with Gasteiger partial charge in [0.1, 0.15) is 16.5 Å². The molecule has 1 saturated carbocycles. The number of halogens is 1. The summed E-state index contributed by atoms with van der Waals surface area (Å²) in [4.78, 5) is 37.0. The van der Waals surface area contributed by atoms with Crippen LogP contribution < -0.4 is 5.56 Å². The smallest absolute Gasteiger partial charge is 0.259 e. The van der Waals surface area contributed by atoms with E-state index in [2.05, 4.69) is 9.97 Å². The third-order valence-electron chi connectivity index (χ3n) is 5.90. The summed E-state index contributed by atoms with van der Waals surface area (Å²) in [5.41, 5.74) is 2.11. The van der Waals surface area contributed by atoms with Crippen LogP contribution in [0.1, 0.15) is 47.5 Å². The van der Waals surface area contributed by atoms with Crippen molar-refractivity contribution in [2.75, 3.05) is 5.75 Å². The lowest BCUT2D eigenvalue weighted by atomic mass is 10.2. The van der Waals surface area contributed by atoms with Crippen LogP contribution in [0.2, 0.25) is 0 Å². The monoisotopic (exact) mass is 457 g/mol. The SMILES string of the molecule is O=C(CCSCc1nc2sc3c(c2c(=O)[nH]1)CCC3)N(Cc1ccc(F)cc1)C1CC1. The minimum Gasteiger partial charge on any atom is -0.335 e. The second kappa shape index (κ2) is 8.74. The molecule has 0 unspecified atom stereocenters. The van der Waals surface area contributed by atoms with Gasteiger partial charge < -0.3 is 9.88 Å². The summed E-state index contributed by atoms with van der Waals surface area (Å²) in [6, 6.07) is 6.67. The van der Waals surface area contributed by atoms with Gasteiger partial charge in [-0.1, -0.05) is 12.1 Å². The summed E-state index contributed by atoms with van der Waals surface area (Å²) in [5, 5.41) is 0.780. The van der Waals surface area contributed by atoms with Gasteiger partial charge in [-0.15, -0.1) is 11.3 Å². The van der Waals surface area contributed by atoms with E-state index >= 15 is 0 Å². The number of benzene rings is 1. The Morgan fingerprint density at radius 1 is 1.26 bits per heavy atom. The molecule has 1 N–H and O–H groups in total. The molecule has 1 aromatic carbocycles. The van der Waals surface area contributed by atoms with Crippen molar-refractivity contribution in [3.8, 4) is 0 Å². The van der Waals surface area contributed by atoms with Crippen LogP contribution in [0.25, 0.3) is 10.2 Å². The molecule has 0 bridgehead atoms. The molecule has 5 rings (SSSR count). The van der Waals surface area contributed by atoms with Crippen molar-refractivity contribution < 1.29 is 9.18 Å². The minimum atomic E-state index is -0.263. The van der Waals surface area contributed by atoms with Gasteiger partial charge in [0.05, 0.1) is 11.1 Å². The molecule has 1 amide bonds. The Morgan fingerprint density at radius 3 is 2.84 bits per heavy atom. The van der Waals surface area contributed by atoms with Gasteiger partial charge in [-0.05, 0) is 55.4 Å². The third-order valence-corrected chi connectivity index (χ3v) is 8.05. The van der Waals surface area contributed by atoms with Crippen molar-refractivity contribution in [3.05, 3.63) is 62.3 Å². The molecule has 0 aliphatic heterocycles. The van der Waals surface area contributed by atoms with E-state index in [1.165, 1.54) is 22.6 Å². The Kier molecular flexibility index (Phi) is 5.84. The first-order valence-electron chi connectivity index (χ1n) is 10.7. The van der Waals surface area contributed by atoms with Gasteiger partial charge in [0.15, 0.2) is 0 Å². The zero-order valence-electron chi connectivity index (χ0n) is 17.2. The molecule has 3 aromatic rings. The van der Waals surface area contributed by atoms with Crippen LogP contribution in [-0.4, -0.2) is 32.6 Å². The topological polar surface area (TPSA) is 66.1 Å². The Labute approximate surface area is 188 Å². The highest BCUT2D eigenvalue weighted by molar-refractivity contribution is 7.98. The summed E-state index contributed by atoms with van der Waals surface area (Å²) in [5.74, 6) is 1.81. The quantitative estimate of drug-likeness (QED) is 0.509. The van der Waals surface area contributed by atoms with Crippen molar-refractivity contribution in [1.82, 2.24) is 14.9 Å². The summed E-state index contributed by atoms with van der Waals surface area (Å²) >= 11 is 3.27. The number of nitrogens with zero attached hydrogens (tertiary/aromatic N) is 2. The van der Waals surface area contributed by atoms with E-state index < -0.39 is 0 Å². The number of hydrogen-bond donors (Lipinski definition) is 1. The van der Waals surface area contributed by atoms with Crippen LogP contribution in [-0.2, 0) is 29.9 Å². The maximum Gasteiger partial charge on any atom is 0.259 e. The summed E-state index contributed by atoms with van der Waals surface area (Å²) in [6.45, 7) is 0.531. The average Bonchev–Trinajstić information content (AvgIpc) is 3.38. The van der Waals surface area contributed by atoms with E-state index in [4.69, 9.17) is 0 Å². The van der Waals surface area contributed by atoms with E-state index in [0.29, 0.717) is 36.3 Å². The Bertz CT molecular complexity index is 1170. The molecule has 0 radical (unpaired) electrons. The molecule has 2 aromatic heterocycles. The lowest BCUT2D eigenvalue weighted by molar-refractivity contribution is -0.131. The lowest BCUT2D eigenvalue weighted by Gasteiger charge is -2.22. The fourth-order valence-corrected chi connectivity index (χ4v) is 6.26. The first kappa shape index (κ1) is 20.7.